The molecule has 1 aromatic heterocycles. The van der Waals surface area contributed by atoms with Crippen LogP contribution in [0.4, 0.5) is 0 Å². The van der Waals surface area contributed by atoms with Crippen molar-refractivity contribution in [2.24, 2.45) is 0 Å². The molecule has 3 nitrogen and oxygen atoms in total. The van der Waals surface area contributed by atoms with E-state index in [9.17, 15) is 4.79 Å². The molecule has 0 aliphatic rings. The highest BCUT2D eigenvalue weighted by Crippen LogP contribution is 1.91. The first kappa shape index (κ1) is 9.99. The van der Waals surface area contributed by atoms with Gasteiger partial charge in [-0.2, -0.15) is 0 Å². The maximum absolute atomic E-state index is 10.7. The van der Waals surface area contributed by atoms with E-state index in [1.54, 1.807) is 12.4 Å². The first-order chi connectivity index (χ1) is 6.33. The van der Waals surface area contributed by atoms with E-state index in [-0.39, 0.29) is 5.43 Å². The summed E-state index contributed by atoms with van der Waals surface area (Å²) in [5.41, 5.74) is 0.0322. The first-order valence-electron chi connectivity index (χ1n) is 4.57. The highest BCUT2D eigenvalue weighted by molar-refractivity contribution is 4.92. The van der Waals surface area contributed by atoms with Gasteiger partial charge in [-0.05, 0) is 6.42 Å². The molecule has 0 spiro atoms. The average molecular weight is 181 g/mol. The zero-order valence-electron chi connectivity index (χ0n) is 7.90. The number of nitrogens with zero attached hydrogens (tertiary/aromatic N) is 1. The molecule has 0 aromatic carbocycles. The molecule has 1 aromatic rings. The lowest BCUT2D eigenvalue weighted by molar-refractivity contribution is 0.0745. The molecular formula is C10H15NO2. The fraction of sp³-hybridized carbons (Fsp3) is 0.500. The van der Waals surface area contributed by atoms with Crippen LogP contribution >= 0.6 is 0 Å². The Balaban J connectivity index is 2.29. The summed E-state index contributed by atoms with van der Waals surface area (Å²) < 4.78 is 7.21. The fourth-order valence-corrected chi connectivity index (χ4v) is 0.946. The van der Waals surface area contributed by atoms with E-state index in [0.29, 0.717) is 6.73 Å². The summed E-state index contributed by atoms with van der Waals surface area (Å²) in [6.45, 7) is 3.44. The molecule has 3 heteroatoms. The van der Waals surface area contributed by atoms with Gasteiger partial charge in [0.1, 0.15) is 6.73 Å². The smallest absolute Gasteiger partial charge is 0.181 e. The van der Waals surface area contributed by atoms with Crippen molar-refractivity contribution in [3.63, 3.8) is 0 Å². The molecule has 0 N–H and O–H groups in total. The van der Waals surface area contributed by atoms with Crippen LogP contribution in [0.5, 0.6) is 0 Å². The van der Waals surface area contributed by atoms with E-state index in [1.807, 2.05) is 4.57 Å². The summed E-state index contributed by atoms with van der Waals surface area (Å²) in [7, 11) is 0. The normalized spacial score (nSPS) is 10.2. The molecule has 0 amide bonds. The van der Waals surface area contributed by atoms with E-state index < -0.39 is 0 Å². The quantitative estimate of drug-likeness (QED) is 0.646. The van der Waals surface area contributed by atoms with E-state index in [2.05, 4.69) is 6.92 Å². The van der Waals surface area contributed by atoms with Gasteiger partial charge in [0.25, 0.3) is 0 Å². The SMILES string of the molecule is CCCCOCn1ccc(=O)cc1. The Morgan fingerprint density at radius 3 is 2.69 bits per heavy atom. The van der Waals surface area contributed by atoms with Crippen LogP contribution in [0.1, 0.15) is 19.8 Å². The van der Waals surface area contributed by atoms with Crippen LogP contribution in [0.3, 0.4) is 0 Å². The summed E-state index contributed by atoms with van der Waals surface area (Å²) in [5, 5.41) is 0. The number of unbranched alkanes of at least 4 members (excludes halogenated alkanes) is 1. The third-order valence-corrected chi connectivity index (χ3v) is 1.74. The molecule has 0 atom stereocenters. The maximum Gasteiger partial charge on any atom is 0.181 e. The molecule has 0 saturated heterocycles. The molecule has 1 rings (SSSR count). The number of ether oxygens (including phenoxy) is 1. The Bertz CT molecular complexity index is 273. The Labute approximate surface area is 78.0 Å². The summed E-state index contributed by atoms with van der Waals surface area (Å²) in [6.07, 6.45) is 5.69. The van der Waals surface area contributed by atoms with Crippen LogP contribution in [-0.2, 0) is 11.5 Å². The second-order valence-corrected chi connectivity index (χ2v) is 2.94. The largest absolute Gasteiger partial charge is 0.361 e. The van der Waals surface area contributed by atoms with Crippen molar-refractivity contribution in [3.8, 4) is 0 Å². The lowest BCUT2D eigenvalue weighted by Gasteiger charge is -2.05. The lowest BCUT2D eigenvalue weighted by Crippen LogP contribution is -2.06. The van der Waals surface area contributed by atoms with Crippen LogP contribution in [0.15, 0.2) is 29.3 Å². The fourth-order valence-electron chi connectivity index (χ4n) is 0.946. The van der Waals surface area contributed by atoms with Gasteiger partial charge < -0.3 is 9.30 Å². The van der Waals surface area contributed by atoms with Crippen molar-refractivity contribution < 1.29 is 4.74 Å². The van der Waals surface area contributed by atoms with E-state index >= 15 is 0 Å². The van der Waals surface area contributed by atoms with Crippen molar-refractivity contribution in [3.05, 3.63) is 34.7 Å². The second kappa shape index (κ2) is 5.54. The number of hydrogen-bond donors (Lipinski definition) is 0. The minimum atomic E-state index is 0.0322. The third-order valence-electron chi connectivity index (χ3n) is 1.74. The highest BCUT2D eigenvalue weighted by atomic mass is 16.5. The Hall–Kier alpha value is -1.09. The molecule has 72 valence electrons. The van der Waals surface area contributed by atoms with Crippen molar-refractivity contribution >= 4 is 0 Å². The molecule has 0 aliphatic heterocycles. The molecule has 1 heterocycles. The van der Waals surface area contributed by atoms with Gasteiger partial charge in [-0.25, -0.2) is 0 Å². The maximum atomic E-state index is 10.7. The number of pyridine rings is 1. The van der Waals surface area contributed by atoms with Gasteiger partial charge >= 0.3 is 0 Å². The van der Waals surface area contributed by atoms with E-state index in [4.69, 9.17) is 4.74 Å². The molecule has 0 radical (unpaired) electrons. The van der Waals surface area contributed by atoms with Crippen LogP contribution in [0.25, 0.3) is 0 Å². The van der Waals surface area contributed by atoms with Gasteiger partial charge in [-0.15, -0.1) is 0 Å². The summed E-state index contributed by atoms with van der Waals surface area (Å²) in [6, 6.07) is 3.06. The zero-order chi connectivity index (χ0) is 9.52. The number of hydrogen-bond acceptors (Lipinski definition) is 2. The average Bonchev–Trinajstić information content (AvgIpc) is 2.15. The van der Waals surface area contributed by atoms with Crippen molar-refractivity contribution in [1.82, 2.24) is 4.57 Å². The van der Waals surface area contributed by atoms with E-state index in [0.717, 1.165) is 19.4 Å². The van der Waals surface area contributed by atoms with Crippen LogP contribution in [0, 0.1) is 0 Å². The number of aromatic nitrogens is 1. The first-order valence-corrected chi connectivity index (χ1v) is 4.57. The molecular weight excluding hydrogens is 166 g/mol. The third kappa shape index (κ3) is 3.90. The van der Waals surface area contributed by atoms with Crippen molar-refractivity contribution in [2.75, 3.05) is 6.61 Å². The van der Waals surface area contributed by atoms with Crippen LogP contribution < -0.4 is 5.43 Å². The second-order valence-electron chi connectivity index (χ2n) is 2.94. The predicted molar refractivity (Wildman–Crippen MR) is 51.6 cm³/mol. The Morgan fingerprint density at radius 2 is 2.08 bits per heavy atom. The van der Waals surface area contributed by atoms with Crippen LogP contribution in [0.2, 0.25) is 0 Å². The molecule has 0 bridgehead atoms. The lowest BCUT2D eigenvalue weighted by atomic mass is 10.4. The molecule has 0 saturated carbocycles. The zero-order valence-corrected chi connectivity index (χ0v) is 7.90. The highest BCUT2D eigenvalue weighted by Gasteiger charge is 1.88. The monoisotopic (exact) mass is 181 g/mol. The topological polar surface area (TPSA) is 31.2 Å². The molecule has 0 unspecified atom stereocenters. The van der Waals surface area contributed by atoms with Gasteiger partial charge in [0, 0.05) is 31.1 Å². The summed E-state index contributed by atoms with van der Waals surface area (Å²) in [4.78, 5) is 10.7. The molecule has 0 fully saturated rings. The van der Waals surface area contributed by atoms with Crippen molar-refractivity contribution in [2.45, 2.75) is 26.5 Å². The molecule has 13 heavy (non-hydrogen) atoms. The van der Waals surface area contributed by atoms with E-state index in [1.165, 1.54) is 12.1 Å². The minimum absolute atomic E-state index is 0.0322. The summed E-state index contributed by atoms with van der Waals surface area (Å²) in [5.74, 6) is 0. The Morgan fingerprint density at radius 1 is 1.38 bits per heavy atom. The van der Waals surface area contributed by atoms with Crippen molar-refractivity contribution in [1.29, 1.82) is 0 Å². The van der Waals surface area contributed by atoms with Crippen LogP contribution in [-0.4, -0.2) is 11.2 Å². The predicted octanol–water partition coefficient (Wildman–Crippen LogP) is 1.62. The van der Waals surface area contributed by atoms with Gasteiger partial charge in [-0.1, -0.05) is 13.3 Å². The minimum Gasteiger partial charge on any atom is -0.361 e. The summed E-state index contributed by atoms with van der Waals surface area (Å²) >= 11 is 0. The number of rotatable bonds is 5. The van der Waals surface area contributed by atoms with Gasteiger partial charge in [0.05, 0.1) is 0 Å². The van der Waals surface area contributed by atoms with Gasteiger partial charge in [0.15, 0.2) is 5.43 Å². The Kier molecular flexibility index (Phi) is 4.26. The van der Waals surface area contributed by atoms with Gasteiger partial charge in [0.2, 0.25) is 0 Å². The van der Waals surface area contributed by atoms with Gasteiger partial charge in [-0.3, -0.25) is 4.79 Å². The standard InChI is InChI=1S/C10H15NO2/c1-2-3-8-13-9-11-6-4-10(12)5-7-11/h4-7H,2-3,8-9H2,1H3. The molecule has 0 aliphatic carbocycles.